The van der Waals surface area contributed by atoms with E-state index in [-0.39, 0.29) is 24.5 Å². The number of carbonyl (C=O) groups excluding carboxylic acids is 2. The maximum absolute atomic E-state index is 12.4. The summed E-state index contributed by atoms with van der Waals surface area (Å²) < 4.78 is 11.2. The van der Waals surface area contributed by atoms with Gasteiger partial charge in [0, 0.05) is 25.3 Å². The largest absolute Gasteiger partial charge is 0.491 e. The van der Waals surface area contributed by atoms with Crippen molar-refractivity contribution in [1.82, 2.24) is 10.2 Å². The lowest BCUT2D eigenvalue weighted by Crippen LogP contribution is -2.49. The molecule has 6 heteroatoms. The van der Waals surface area contributed by atoms with Crippen LogP contribution in [-0.2, 0) is 9.53 Å². The molecule has 2 aliphatic rings. The van der Waals surface area contributed by atoms with Crippen molar-refractivity contribution in [2.45, 2.75) is 18.9 Å². The molecule has 3 rings (SSSR count). The molecule has 0 bridgehead atoms. The van der Waals surface area contributed by atoms with Gasteiger partial charge in [-0.25, -0.2) is 0 Å². The van der Waals surface area contributed by atoms with Crippen molar-refractivity contribution in [3.05, 3.63) is 29.8 Å². The molecule has 0 saturated carbocycles. The van der Waals surface area contributed by atoms with Gasteiger partial charge in [0.25, 0.3) is 5.91 Å². The number of benzene rings is 1. The van der Waals surface area contributed by atoms with Crippen molar-refractivity contribution in [1.29, 1.82) is 0 Å². The number of nitrogens with one attached hydrogen (secondary N) is 1. The lowest BCUT2D eigenvalue weighted by molar-refractivity contribution is -0.123. The first-order chi connectivity index (χ1) is 10.7. The van der Waals surface area contributed by atoms with Crippen molar-refractivity contribution in [2.24, 2.45) is 0 Å². The average Bonchev–Trinajstić information content (AvgIpc) is 3.06. The van der Waals surface area contributed by atoms with Gasteiger partial charge >= 0.3 is 0 Å². The van der Waals surface area contributed by atoms with Gasteiger partial charge in [-0.2, -0.15) is 0 Å². The summed E-state index contributed by atoms with van der Waals surface area (Å²) >= 11 is 0. The fraction of sp³-hybridized carbons (Fsp3) is 0.500. The highest BCUT2D eigenvalue weighted by Crippen LogP contribution is 2.18. The second kappa shape index (κ2) is 6.79. The molecule has 1 aromatic rings. The number of amides is 2. The minimum Gasteiger partial charge on any atom is -0.491 e. The zero-order valence-corrected chi connectivity index (χ0v) is 12.4. The smallest absolute Gasteiger partial charge is 0.254 e. The molecule has 2 saturated heterocycles. The van der Waals surface area contributed by atoms with Gasteiger partial charge in [-0.1, -0.05) is 6.07 Å². The molecule has 0 aromatic heterocycles. The summed E-state index contributed by atoms with van der Waals surface area (Å²) in [5.74, 6) is 0.394. The van der Waals surface area contributed by atoms with E-state index in [2.05, 4.69) is 5.32 Å². The Bertz CT molecular complexity index is 555. The van der Waals surface area contributed by atoms with Gasteiger partial charge in [-0.05, 0) is 31.0 Å². The molecular weight excluding hydrogens is 284 g/mol. The van der Waals surface area contributed by atoms with E-state index in [0.29, 0.717) is 31.0 Å². The third kappa shape index (κ3) is 3.57. The number of hydrogen-bond donors (Lipinski definition) is 1. The molecule has 6 nitrogen and oxygen atoms in total. The first-order valence-corrected chi connectivity index (χ1v) is 7.63. The highest BCUT2D eigenvalue weighted by atomic mass is 16.5. The molecule has 0 spiro atoms. The number of ether oxygens (including phenoxy) is 2. The third-order valence-corrected chi connectivity index (χ3v) is 3.87. The Morgan fingerprint density at radius 1 is 1.45 bits per heavy atom. The van der Waals surface area contributed by atoms with Crippen LogP contribution in [0.1, 0.15) is 23.2 Å². The number of rotatable bonds is 4. The van der Waals surface area contributed by atoms with Crippen LogP contribution >= 0.6 is 0 Å². The van der Waals surface area contributed by atoms with E-state index in [0.717, 1.165) is 19.4 Å². The third-order valence-electron chi connectivity index (χ3n) is 3.87. The molecule has 1 aromatic carbocycles. The number of nitrogens with zero attached hydrogens (tertiary/aromatic N) is 1. The summed E-state index contributed by atoms with van der Waals surface area (Å²) in [4.78, 5) is 25.4. The van der Waals surface area contributed by atoms with Crippen molar-refractivity contribution >= 4 is 11.8 Å². The van der Waals surface area contributed by atoms with Crippen LogP contribution < -0.4 is 10.1 Å². The highest BCUT2D eigenvalue weighted by Gasteiger charge is 2.22. The van der Waals surface area contributed by atoms with Gasteiger partial charge in [0.2, 0.25) is 5.91 Å². The molecule has 2 heterocycles. The lowest BCUT2D eigenvalue weighted by Gasteiger charge is -2.26. The Morgan fingerprint density at radius 3 is 3.14 bits per heavy atom. The van der Waals surface area contributed by atoms with E-state index < -0.39 is 0 Å². The summed E-state index contributed by atoms with van der Waals surface area (Å²) in [6.07, 6.45) is 2.23. The molecule has 2 fully saturated rings. The normalized spacial score (nSPS) is 21.5. The van der Waals surface area contributed by atoms with E-state index in [1.54, 1.807) is 23.1 Å². The standard InChI is InChI=1S/C16H20N2O4/c19-15-10-18(7-6-17-15)16(20)12-3-1-4-13(9-12)22-11-14-5-2-8-21-14/h1,3-4,9,14H,2,5-8,10-11H2,(H,17,19)/t14-/m0/s1. The van der Waals surface area contributed by atoms with Crippen LogP contribution in [0.3, 0.4) is 0 Å². The zero-order valence-electron chi connectivity index (χ0n) is 12.4. The lowest BCUT2D eigenvalue weighted by atomic mass is 10.1. The fourth-order valence-electron chi connectivity index (χ4n) is 2.68. The molecule has 1 atom stereocenters. The summed E-state index contributed by atoms with van der Waals surface area (Å²) in [7, 11) is 0. The van der Waals surface area contributed by atoms with Crippen LogP contribution in [0.25, 0.3) is 0 Å². The Balaban J connectivity index is 1.62. The van der Waals surface area contributed by atoms with Crippen molar-refractivity contribution in [2.75, 3.05) is 32.8 Å². The summed E-state index contributed by atoms with van der Waals surface area (Å²) in [6, 6.07) is 7.09. The molecular formula is C16H20N2O4. The van der Waals surface area contributed by atoms with E-state index >= 15 is 0 Å². The van der Waals surface area contributed by atoms with Crippen molar-refractivity contribution in [3.8, 4) is 5.75 Å². The maximum Gasteiger partial charge on any atom is 0.254 e. The Labute approximate surface area is 129 Å². The minimum atomic E-state index is -0.141. The van der Waals surface area contributed by atoms with E-state index in [1.807, 2.05) is 6.07 Å². The van der Waals surface area contributed by atoms with Crippen LogP contribution in [0.2, 0.25) is 0 Å². The van der Waals surface area contributed by atoms with Gasteiger partial charge in [-0.15, -0.1) is 0 Å². The van der Waals surface area contributed by atoms with Crippen LogP contribution in [-0.4, -0.2) is 55.7 Å². The highest BCUT2D eigenvalue weighted by molar-refractivity contribution is 5.97. The number of piperazine rings is 1. The van der Waals surface area contributed by atoms with Gasteiger partial charge < -0.3 is 19.7 Å². The van der Waals surface area contributed by atoms with E-state index in [4.69, 9.17) is 9.47 Å². The van der Waals surface area contributed by atoms with E-state index in [9.17, 15) is 9.59 Å². The maximum atomic E-state index is 12.4. The molecule has 0 radical (unpaired) electrons. The van der Waals surface area contributed by atoms with Crippen LogP contribution in [0.15, 0.2) is 24.3 Å². The van der Waals surface area contributed by atoms with Crippen molar-refractivity contribution in [3.63, 3.8) is 0 Å². The topological polar surface area (TPSA) is 67.9 Å². The molecule has 1 N–H and O–H groups in total. The Kier molecular flexibility index (Phi) is 4.58. The molecule has 0 unspecified atom stereocenters. The number of hydrogen-bond acceptors (Lipinski definition) is 4. The average molecular weight is 304 g/mol. The van der Waals surface area contributed by atoms with Crippen LogP contribution in [0.5, 0.6) is 5.75 Å². The monoisotopic (exact) mass is 304 g/mol. The first kappa shape index (κ1) is 14.8. The van der Waals surface area contributed by atoms with Crippen molar-refractivity contribution < 1.29 is 19.1 Å². The van der Waals surface area contributed by atoms with Gasteiger partial charge in [0.05, 0.1) is 12.6 Å². The first-order valence-electron chi connectivity index (χ1n) is 7.63. The molecule has 22 heavy (non-hydrogen) atoms. The predicted octanol–water partition coefficient (Wildman–Crippen LogP) is 0.816. The van der Waals surface area contributed by atoms with Gasteiger partial charge in [0.1, 0.15) is 12.4 Å². The van der Waals surface area contributed by atoms with Crippen LogP contribution in [0.4, 0.5) is 0 Å². The van der Waals surface area contributed by atoms with Gasteiger partial charge in [0.15, 0.2) is 0 Å². The predicted molar refractivity (Wildman–Crippen MR) is 79.8 cm³/mol. The summed E-state index contributed by atoms with van der Waals surface area (Å²) in [5, 5.41) is 2.71. The van der Waals surface area contributed by atoms with Crippen LogP contribution in [0, 0.1) is 0 Å². The Morgan fingerprint density at radius 2 is 2.36 bits per heavy atom. The molecule has 2 amide bonds. The molecule has 118 valence electrons. The minimum absolute atomic E-state index is 0.111. The van der Waals surface area contributed by atoms with E-state index in [1.165, 1.54) is 0 Å². The summed E-state index contributed by atoms with van der Waals surface area (Å²) in [6.45, 7) is 2.44. The number of carbonyl (C=O) groups is 2. The fourth-order valence-corrected chi connectivity index (χ4v) is 2.68. The molecule has 0 aliphatic carbocycles. The summed E-state index contributed by atoms with van der Waals surface area (Å²) in [5.41, 5.74) is 0.541. The quantitative estimate of drug-likeness (QED) is 0.894. The zero-order chi connectivity index (χ0) is 15.4. The second-order valence-electron chi connectivity index (χ2n) is 5.55. The second-order valence-corrected chi connectivity index (χ2v) is 5.55. The SMILES string of the molecule is O=C1CN(C(=O)c2cccc(OC[C@@H]3CCCO3)c2)CCN1. The Hall–Kier alpha value is -2.08. The molecule has 2 aliphatic heterocycles. The van der Waals surface area contributed by atoms with Gasteiger partial charge in [-0.3, -0.25) is 9.59 Å².